The number of aryl methyl sites for hydroxylation is 2. The van der Waals surface area contributed by atoms with E-state index in [1.54, 1.807) is 19.2 Å². The van der Waals surface area contributed by atoms with Gasteiger partial charge in [-0.2, -0.15) is 0 Å². The Kier molecular flexibility index (Phi) is 7.70. The van der Waals surface area contributed by atoms with Crippen LogP contribution in [0.2, 0.25) is 0 Å². The maximum atomic E-state index is 11.5. The van der Waals surface area contributed by atoms with Gasteiger partial charge < -0.3 is 16.4 Å². The molecular weight excluding hydrogens is 415 g/mol. The SMILES string of the molecule is CNC(=O)c1ccc(CN=C(N)Nc2ccc(C)c(C)c2)cc1.I. The van der Waals surface area contributed by atoms with Crippen molar-refractivity contribution < 1.29 is 4.79 Å². The molecule has 0 saturated carbocycles. The van der Waals surface area contributed by atoms with Crippen LogP contribution in [-0.4, -0.2) is 18.9 Å². The fourth-order valence-electron chi connectivity index (χ4n) is 2.09. The summed E-state index contributed by atoms with van der Waals surface area (Å²) in [5.41, 5.74) is 10.9. The van der Waals surface area contributed by atoms with Crippen LogP contribution in [0.25, 0.3) is 0 Å². The maximum Gasteiger partial charge on any atom is 0.251 e. The predicted molar refractivity (Wildman–Crippen MR) is 110 cm³/mol. The lowest BCUT2D eigenvalue weighted by Gasteiger charge is -2.08. The third kappa shape index (κ3) is 5.52. The molecule has 2 rings (SSSR count). The lowest BCUT2D eigenvalue weighted by Crippen LogP contribution is -2.22. The van der Waals surface area contributed by atoms with Gasteiger partial charge in [0.15, 0.2) is 5.96 Å². The topological polar surface area (TPSA) is 79.5 Å². The van der Waals surface area contributed by atoms with Crippen LogP contribution in [0.4, 0.5) is 5.69 Å². The van der Waals surface area contributed by atoms with Crippen molar-refractivity contribution in [3.63, 3.8) is 0 Å². The standard InChI is InChI=1S/C18H22N4O.HI/c1-12-4-9-16(10-13(12)2)22-18(19)21-11-14-5-7-15(8-6-14)17(23)20-3;/h4-10H,11H2,1-3H3,(H,20,23)(H3,19,21,22);1H. The minimum Gasteiger partial charge on any atom is -0.370 e. The Morgan fingerprint density at radius 1 is 1.08 bits per heavy atom. The van der Waals surface area contributed by atoms with E-state index in [1.807, 2.05) is 30.3 Å². The molecule has 4 N–H and O–H groups in total. The molecule has 0 unspecified atom stereocenters. The average Bonchev–Trinajstić information content (AvgIpc) is 2.56. The molecule has 0 aromatic heterocycles. The maximum absolute atomic E-state index is 11.5. The van der Waals surface area contributed by atoms with Gasteiger partial charge in [0.05, 0.1) is 6.54 Å². The number of aliphatic imine (C=N–C) groups is 1. The number of hydrogen-bond acceptors (Lipinski definition) is 2. The third-order valence-corrected chi connectivity index (χ3v) is 3.65. The molecule has 0 heterocycles. The van der Waals surface area contributed by atoms with Crippen LogP contribution in [0.3, 0.4) is 0 Å². The highest BCUT2D eigenvalue weighted by atomic mass is 127. The Morgan fingerprint density at radius 3 is 2.33 bits per heavy atom. The molecule has 2 aromatic rings. The number of nitrogens with zero attached hydrogens (tertiary/aromatic N) is 1. The van der Waals surface area contributed by atoms with Crippen molar-refractivity contribution in [1.29, 1.82) is 0 Å². The molecule has 0 atom stereocenters. The van der Waals surface area contributed by atoms with E-state index in [0.717, 1.165) is 11.3 Å². The third-order valence-electron chi connectivity index (χ3n) is 3.65. The number of carbonyl (C=O) groups is 1. The molecule has 0 saturated heterocycles. The number of amides is 1. The van der Waals surface area contributed by atoms with Crippen LogP contribution in [-0.2, 0) is 6.54 Å². The Hall–Kier alpha value is -2.09. The molecule has 24 heavy (non-hydrogen) atoms. The van der Waals surface area contributed by atoms with Crippen molar-refractivity contribution in [2.75, 3.05) is 12.4 Å². The molecule has 1 amide bonds. The number of halogens is 1. The molecule has 6 heteroatoms. The summed E-state index contributed by atoms with van der Waals surface area (Å²) in [4.78, 5) is 15.8. The smallest absolute Gasteiger partial charge is 0.251 e. The summed E-state index contributed by atoms with van der Waals surface area (Å²) in [6.45, 7) is 4.58. The fourth-order valence-corrected chi connectivity index (χ4v) is 2.09. The van der Waals surface area contributed by atoms with E-state index in [2.05, 4.69) is 29.5 Å². The molecule has 2 aromatic carbocycles. The van der Waals surface area contributed by atoms with Gasteiger partial charge >= 0.3 is 0 Å². The summed E-state index contributed by atoms with van der Waals surface area (Å²) < 4.78 is 0. The first-order valence-electron chi connectivity index (χ1n) is 7.45. The molecule has 0 spiro atoms. The van der Waals surface area contributed by atoms with E-state index in [0.29, 0.717) is 18.1 Å². The number of hydrogen-bond donors (Lipinski definition) is 3. The number of anilines is 1. The van der Waals surface area contributed by atoms with Crippen LogP contribution in [0.15, 0.2) is 47.5 Å². The zero-order chi connectivity index (χ0) is 16.8. The summed E-state index contributed by atoms with van der Waals surface area (Å²) in [6, 6.07) is 13.4. The van der Waals surface area contributed by atoms with E-state index in [4.69, 9.17) is 5.73 Å². The lowest BCUT2D eigenvalue weighted by atomic mass is 10.1. The summed E-state index contributed by atoms with van der Waals surface area (Å²) >= 11 is 0. The molecular formula is C18H23IN4O. The van der Waals surface area contributed by atoms with Gasteiger partial charge in [0, 0.05) is 18.3 Å². The van der Waals surface area contributed by atoms with Gasteiger partial charge in [-0.3, -0.25) is 4.79 Å². The van der Waals surface area contributed by atoms with Crippen molar-refractivity contribution in [2.45, 2.75) is 20.4 Å². The van der Waals surface area contributed by atoms with Crippen molar-refractivity contribution >= 4 is 41.5 Å². The minimum atomic E-state index is -0.101. The zero-order valence-corrected chi connectivity index (χ0v) is 16.4. The molecule has 128 valence electrons. The number of carbonyl (C=O) groups excluding carboxylic acids is 1. The van der Waals surface area contributed by atoms with Crippen molar-refractivity contribution in [1.82, 2.24) is 5.32 Å². The van der Waals surface area contributed by atoms with Crippen molar-refractivity contribution in [2.24, 2.45) is 10.7 Å². The van der Waals surface area contributed by atoms with E-state index in [1.165, 1.54) is 11.1 Å². The average molecular weight is 438 g/mol. The fraction of sp³-hybridized carbons (Fsp3) is 0.222. The zero-order valence-electron chi connectivity index (χ0n) is 14.1. The molecule has 0 fully saturated rings. The van der Waals surface area contributed by atoms with Crippen LogP contribution in [0, 0.1) is 13.8 Å². The normalized spacial score (nSPS) is 10.7. The predicted octanol–water partition coefficient (Wildman–Crippen LogP) is 3.21. The number of guanidine groups is 1. The highest BCUT2D eigenvalue weighted by molar-refractivity contribution is 14.0. The van der Waals surface area contributed by atoms with Gasteiger partial charge in [-0.1, -0.05) is 18.2 Å². The Labute approximate surface area is 159 Å². The van der Waals surface area contributed by atoms with E-state index >= 15 is 0 Å². The van der Waals surface area contributed by atoms with E-state index < -0.39 is 0 Å². The van der Waals surface area contributed by atoms with Crippen molar-refractivity contribution in [3.05, 3.63) is 64.7 Å². The Bertz CT molecular complexity index is 726. The van der Waals surface area contributed by atoms with Gasteiger partial charge in [-0.05, 0) is 54.8 Å². The molecule has 0 aliphatic rings. The quantitative estimate of drug-likeness (QED) is 0.390. The summed E-state index contributed by atoms with van der Waals surface area (Å²) in [5.74, 6) is 0.264. The van der Waals surface area contributed by atoms with Crippen LogP contribution in [0.5, 0.6) is 0 Å². The second kappa shape index (κ2) is 9.27. The molecule has 5 nitrogen and oxygen atoms in total. The van der Waals surface area contributed by atoms with Crippen molar-refractivity contribution in [3.8, 4) is 0 Å². The first-order chi connectivity index (χ1) is 11.0. The van der Waals surface area contributed by atoms with Gasteiger partial charge in [-0.25, -0.2) is 4.99 Å². The highest BCUT2D eigenvalue weighted by Crippen LogP contribution is 2.14. The van der Waals surface area contributed by atoms with E-state index in [-0.39, 0.29) is 29.9 Å². The minimum absolute atomic E-state index is 0. The van der Waals surface area contributed by atoms with Gasteiger partial charge in [-0.15, -0.1) is 24.0 Å². The van der Waals surface area contributed by atoms with E-state index in [9.17, 15) is 4.79 Å². The summed E-state index contributed by atoms with van der Waals surface area (Å²) in [5, 5.41) is 5.67. The molecule has 0 radical (unpaired) electrons. The van der Waals surface area contributed by atoms with Crippen LogP contribution >= 0.6 is 24.0 Å². The number of benzene rings is 2. The van der Waals surface area contributed by atoms with Crippen LogP contribution in [0.1, 0.15) is 27.0 Å². The number of nitrogens with one attached hydrogen (secondary N) is 2. The Morgan fingerprint density at radius 2 is 1.75 bits per heavy atom. The summed E-state index contributed by atoms with van der Waals surface area (Å²) in [6.07, 6.45) is 0. The monoisotopic (exact) mass is 438 g/mol. The van der Waals surface area contributed by atoms with Crippen LogP contribution < -0.4 is 16.4 Å². The largest absolute Gasteiger partial charge is 0.370 e. The number of nitrogens with two attached hydrogens (primary N) is 1. The molecule has 0 aliphatic carbocycles. The highest BCUT2D eigenvalue weighted by Gasteiger charge is 2.02. The lowest BCUT2D eigenvalue weighted by molar-refractivity contribution is 0.0963. The number of rotatable bonds is 4. The first kappa shape index (κ1) is 20.0. The molecule has 0 bridgehead atoms. The van der Waals surface area contributed by atoms with Gasteiger partial charge in [0.1, 0.15) is 0 Å². The summed E-state index contributed by atoms with van der Waals surface area (Å²) in [7, 11) is 1.61. The second-order valence-electron chi connectivity index (χ2n) is 5.40. The Balaban J connectivity index is 0.00000288. The second-order valence-corrected chi connectivity index (χ2v) is 5.40. The molecule has 0 aliphatic heterocycles. The van der Waals surface area contributed by atoms with Gasteiger partial charge in [0.2, 0.25) is 0 Å². The first-order valence-corrected chi connectivity index (χ1v) is 7.45. The van der Waals surface area contributed by atoms with Gasteiger partial charge in [0.25, 0.3) is 5.91 Å².